The van der Waals surface area contributed by atoms with E-state index in [-0.39, 0.29) is 17.1 Å². The number of anilines is 1. The van der Waals surface area contributed by atoms with Crippen LogP contribution in [0.2, 0.25) is 0 Å². The lowest BCUT2D eigenvalue weighted by Gasteiger charge is -2.14. The number of amides is 1. The number of benzene rings is 2. The molecule has 0 saturated heterocycles. The number of para-hydroxylation sites is 1. The summed E-state index contributed by atoms with van der Waals surface area (Å²) in [6, 6.07) is 14.7. The average Bonchev–Trinajstić information content (AvgIpc) is 2.75. The van der Waals surface area contributed by atoms with Gasteiger partial charge in [0.1, 0.15) is 11.5 Å². The first-order valence-corrected chi connectivity index (χ1v) is 11.0. The highest BCUT2D eigenvalue weighted by atomic mass is 32.1. The van der Waals surface area contributed by atoms with Gasteiger partial charge >= 0.3 is 0 Å². The molecule has 162 valence electrons. The lowest BCUT2D eigenvalue weighted by Crippen LogP contribution is -2.34. The van der Waals surface area contributed by atoms with Crippen molar-refractivity contribution in [3.05, 3.63) is 54.1 Å². The molecule has 6 heteroatoms. The molecule has 0 aliphatic carbocycles. The van der Waals surface area contributed by atoms with Gasteiger partial charge in [-0.25, -0.2) is 0 Å². The molecule has 2 aromatic carbocycles. The number of thiocarbonyl (C=S) groups is 1. The number of carbonyl (C=O) groups excluding carboxylic acids is 1. The molecule has 0 fully saturated rings. The maximum atomic E-state index is 12.7. The van der Waals surface area contributed by atoms with Gasteiger partial charge in [-0.3, -0.25) is 10.1 Å². The summed E-state index contributed by atoms with van der Waals surface area (Å²) < 4.78 is 11.6. The highest BCUT2D eigenvalue weighted by molar-refractivity contribution is 7.80. The van der Waals surface area contributed by atoms with E-state index in [1.807, 2.05) is 43.3 Å². The van der Waals surface area contributed by atoms with Crippen LogP contribution in [-0.4, -0.2) is 23.7 Å². The third-order valence-electron chi connectivity index (χ3n) is 4.64. The summed E-state index contributed by atoms with van der Waals surface area (Å²) in [5.74, 6) is 1.07. The molecule has 5 nitrogen and oxygen atoms in total. The van der Waals surface area contributed by atoms with Crippen LogP contribution in [-0.2, 0) is 0 Å². The Morgan fingerprint density at radius 1 is 1.03 bits per heavy atom. The minimum Gasteiger partial charge on any atom is -0.493 e. The molecule has 30 heavy (non-hydrogen) atoms. The number of unbranched alkanes of at least 4 members (excludes halogenated alkanes) is 3. The Bertz CT molecular complexity index is 808. The van der Waals surface area contributed by atoms with Crippen LogP contribution < -0.4 is 20.1 Å². The van der Waals surface area contributed by atoms with Crippen LogP contribution in [0.4, 0.5) is 5.69 Å². The normalized spacial score (nSPS) is 11.4. The first-order valence-electron chi connectivity index (χ1n) is 10.6. The summed E-state index contributed by atoms with van der Waals surface area (Å²) >= 11 is 5.30. The molecule has 1 unspecified atom stereocenters. The molecule has 2 N–H and O–H groups in total. The van der Waals surface area contributed by atoms with E-state index in [9.17, 15) is 4.79 Å². The zero-order chi connectivity index (χ0) is 21.8. The summed E-state index contributed by atoms with van der Waals surface area (Å²) in [5.41, 5.74) is 1.24. The lowest BCUT2D eigenvalue weighted by atomic mass is 10.2. The topological polar surface area (TPSA) is 59.6 Å². The van der Waals surface area contributed by atoms with Crippen LogP contribution in [0.1, 0.15) is 63.2 Å². The van der Waals surface area contributed by atoms with E-state index < -0.39 is 0 Å². The number of carbonyl (C=O) groups is 1. The fraction of sp³-hybridized carbons (Fsp3) is 0.417. The van der Waals surface area contributed by atoms with Gasteiger partial charge in [-0.1, -0.05) is 45.2 Å². The third kappa shape index (κ3) is 8.03. The highest BCUT2D eigenvalue weighted by Gasteiger charge is 2.13. The molecular formula is C24H32N2O3S. The van der Waals surface area contributed by atoms with Crippen molar-refractivity contribution < 1.29 is 14.3 Å². The Morgan fingerprint density at radius 3 is 2.47 bits per heavy atom. The molecule has 0 aliphatic heterocycles. The maximum absolute atomic E-state index is 12.7. The van der Waals surface area contributed by atoms with Gasteiger partial charge in [0.15, 0.2) is 5.11 Å². The van der Waals surface area contributed by atoms with Gasteiger partial charge in [0.25, 0.3) is 5.91 Å². The van der Waals surface area contributed by atoms with Crippen molar-refractivity contribution in [1.82, 2.24) is 5.32 Å². The van der Waals surface area contributed by atoms with Crippen LogP contribution in [0.5, 0.6) is 11.5 Å². The van der Waals surface area contributed by atoms with Gasteiger partial charge in [0, 0.05) is 5.69 Å². The molecule has 1 atom stereocenters. The van der Waals surface area contributed by atoms with Crippen LogP contribution in [0, 0.1) is 0 Å². The van der Waals surface area contributed by atoms with Crippen molar-refractivity contribution in [2.24, 2.45) is 0 Å². The molecular weight excluding hydrogens is 396 g/mol. The molecule has 0 spiro atoms. The fourth-order valence-corrected chi connectivity index (χ4v) is 2.97. The van der Waals surface area contributed by atoms with E-state index >= 15 is 0 Å². The van der Waals surface area contributed by atoms with Crippen molar-refractivity contribution in [3.63, 3.8) is 0 Å². The minimum absolute atomic E-state index is 0.165. The monoisotopic (exact) mass is 428 g/mol. The van der Waals surface area contributed by atoms with Crippen LogP contribution >= 0.6 is 12.2 Å². The molecule has 0 saturated carbocycles. The molecule has 0 heterocycles. The van der Waals surface area contributed by atoms with E-state index in [1.165, 1.54) is 12.8 Å². The molecule has 0 aromatic heterocycles. The molecule has 2 aromatic rings. The number of nitrogens with one attached hydrogen (secondary N) is 2. The number of rotatable bonds is 11. The smallest absolute Gasteiger partial charge is 0.261 e. The second-order valence-electron chi connectivity index (χ2n) is 7.17. The van der Waals surface area contributed by atoms with Crippen molar-refractivity contribution in [3.8, 4) is 11.5 Å². The standard InChI is InChI=1S/C24H32N2O3S/c1-4-6-7-10-17-28-22-12-9-8-11-21(22)23(27)26-24(30)25-19-13-15-20(16-14-19)29-18(3)5-2/h8-9,11-16,18H,4-7,10,17H2,1-3H3,(H2,25,26,27,30). The molecule has 0 bridgehead atoms. The van der Waals surface area contributed by atoms with E-state index in [1.54, 1.807) is 12.1 Å². The second-order valence-corrected chi connectivity index (χ2v) is 7.58. The van der Waals surface area contributed by atoms with Crippen LogP contribution in [0.25, 0.3) is 0 Å². The largest absolute Gasteiger partial charge is 0.493 e. The maximum Gasteiger partial charge on any atom is 0.261 e. The van der Waals surface area contributed by atoms with E-state index in [4.69, 9.17) is 21.7 Å². The van der Waals surface area contributed by atoms with Crippen LogP contribution in [0.15, 0.2) is 48.5 Å². The summed E-state index contributed by atoms with van der Waals surface area (Å²) in [7, 11) is 0. The lowest BCUT2D eigenvalue weighted by molar-refractivity contribution is 0.0973. The number of hydrogen-bond acceptors (Lipinski definition) is 4. The molecule has 0 aliphatic rings. The molecule has 0 radical (unpaired) electrons. The second kappa shape index (κ2) is 12.9. The minimum atomic E-state index is -0.298. The Morgan fingerprint density at radius 2 is 1.77 bits per heavy atom. The number of ether oxygens (including phenoxy) is 2. The zero-order valence-corrected chi connectivity index (χ0v) is 18.9. The Labute approximate surface area is 185 Å². The fourth-order valence-electron chi connectivity index (χ4n) is 2.76. The van der Waals surface area contributed by atoms with Crippen molar-refractivity contribution in [2.45, 2.75) is 59.0 Å². The van der Waals surface area contributed by atoms with Gasteiger partial charge in [0.2, 0.25) is 0 Å². The quantitative estimate of drug-likeness (QED) is 0.342. The zero-order valence-electron chi connectivity index (χ0n) is 18.1. The average molecular weight is 429 g/mol. The van der Waals surface area contributed by atoms with Crippen LogP contribution in [0.3, 0.4) is 0 Å². The van der Waals surface area contributed by atoms with E-state index in [0.29, 0.717) is 17.9 Å². The van der Waals surface area contributed by atoms with Crippen molar-refractivity contribution in [2.75, 3.05) is 11.9 Å². The van der Waals surface area contributed by atoms with Crippen molar-refractivity contribution >= 4 is 28.9 Å². The van der Waals surface area contributed by atoms with E-state index in [2.05, 4.69) is 24.5 Å². The van der Waals surface area contributed by atoms with Gasteiger partial charge in [0.05, 0.1) is 18.3 Å². The van der Waals surface area contributed by atoms with E-state index in [0.717, 1.165) is 30.7 Å². The highest BCUT2D eigenvalue weighted by Crippen LogP contribution is 2.20. The Kier molecular flexibility index (Phi) is 10.1. The van der Waals surface area contributed by atoms with Crippen molar-refractivity contribution in [1.29, 1.82) is 0 Å². The molecule has 2 rings (SSSR count). The van der Waals surface area contributed by atoms with Gasteiger partial charge in [-0.15, -0.1) is 0 Å². The third-order valence-corrected chi connectivity index (χ3v) is 4.84. The summed E-state index contributed by atoms with van der Waals surface area (Å²) in [6.07, 6.45) is 5.58. The summed E-state index contributed by atoms with van der Waals surface area (Å²) in [4.78, 5) is 12.7. The SMILES string of the molecule is CCCCCCOc1ccccc1C(=O)NC(=S)Nc1ccc(OC(C)CC)cc1. The van der Waals surface area contributed by atoms with Gasteiger partial charge in [-0.05, 0) is 68.4 Å². The Hall–Kier alpha value is -2.60. The predicted molar refractivity (Wildman–Crippen MR) is 127 cm³/mol. The molecule has 1 amide bonds. The Balaban J connectivity index is 1.89. The number of hydrogen-bond donors (Lipinski definition) is 2. The van der Waals surface area contributed by atoms with Gasteiger partial charge < -0.3 is 14.8 Å². The first-order chi connectivity index (χ1) is 14.5. The summed E-state index contributed by atoms with van der Waals surface area (Å²) in [6.45, 7) is 6.88. The first kappa shape index (κ1) is 23.7. The predicted octanol–water partition coefficient (Wildman–Crippen LogP) is 5.95. The van der Waals surface area contributed by atoms with Gasteiger partial charge in [-0.2, -0.15) is 0 Å². The summed E-state index contributed by atoms with van der Waals surface area (Å²) in [5, 5.41) is 5.98.